The standard InChI is InChI=1S/C11H20/c1-6-7-8-10(4)11(5)9(2)3/h9H,4-8H2,1-3H3. The molecule has 0 aromatic heterocycles. The Morgan fingerprint density at radius 2 is 1.82 bits per heavy atom. The molecule has 0 aliphatic heterocycles. The zero-order valence-electron chi connectivity index (χ0n) is 8.11. The molecule has 0 atom stereocenters. The van der Waals surface area contributed by atoms with Crippen molar-refractivity contribution in [2.45, 2.75) is 40.0 Å². The van der Waals surface area contributed by atoms with Gasteiger partial charge in [0.25, 0.3) is 0 Å². The molecule has 0 heterocycles. The highest BCUT2D eigenvalue weighted by Gasteiger charge is 2.03. The van der Waals surface area contributed by atoms with E-state index < -0.39 is 0 Å². The van der Waals surface area contributed by atoms with Gasteiger partial charge in [0.15, 0.2) is 0 Å². The number of hydrogen-bond donors (Lipinski definition) is 0. The molecule has 0 N–H and O–H groups in total. The molecule has 0 saturated carbocycles. The Morgan fingerprint density at radius 1 is 1.27 bits per heavy atom. The van der Waals surface area contributed by atoms with Crippen molar-refractivity contribution in [2.24, 2.45) is 5.92 Å². The second kappa shape index (κ2) is 5.17. The molecular formula is C11H20. The van der Waals surface area contributed by atoms with Gasteiger partial charge in [-0.1, -0.05) is 51.5 Å². The molecule has 11 heavy (non-hydrogen) atoms. The van der Waals surface area contributed by atoms with E-state index >= 15 is 0 Å². The second-order valence-corrected chi connectivity index (χ2v) is 3.39. The van der Waals surface area contributed by atoms with Crippen LogP contribution in [0.3, 0.4) is 0 Å². The summed E-state index contributed by atoms with van der Waals surface area (Å²) in [6.45, 7) is 14.6. The summed E-state index contributed by atoms with van der Waals surface area (Å²) < 4.78 is 0. The molecule has 0 spiro atoms. The van der Waals surface area contributed by atoms with Crippen LogP contribution in [0.5, 0.6) is 0 Å². The molecule has 0 aromatic carbocycles. The van der Waals surface area contributed by atoms with Gasteiger partial charge in [-0.2, -0.15) is 0 Å². The van der Waals surface area contributed by atoms with Crippen molar-refractivity contribution in [2.75, 3.05) is 0 Å². The Balaban J connectivity index is 3.75. The smallest absolute Gasteiger partial charge is 0.0222 e. The highest BCUT2D eigenvalue weighted by molar-refractivity contribution is 5.26. The van der Waals surface area contributed by atoms with Gasteiger partial charge < -0.3 is 0 Å². The fraction of sp³-hybridized carbons (Fsp3) is 0.636. The van der Waals surface area contributed by atoms with Crippen molar-refractivity contribution in [3.63, 3.8) is 0 Å². The molecule has 0 aliphatic carbocycles. The van der Waals surface area contributed by atoms with Gasteiger partial charge in [-0.05, 0) is 18.8 Å². The van der Waals surface area contributed by atoms with Gasteiger partial charge >= 0.3 is 0 Å². The van der Waals surface area contributed by atoms with Crippen LogP contribution < -0.4 is 0 Å². The van der Waals surface area contributed by atoms with Crippen LogP contribution in [-0.2, 0) is 0 Å². The molecule has 0 rings (SSSR count). The zero-order valence-corrected chi connectivity index (χ0v) is 8.11. The first-order valence-corrected chi connectivity index (χ1v) is 4.46. The largest absolute Gasteiger partial charge is 0.0956 e. The average Bonchev–Trinajstić information content (AvgIpc) is 1.98. The van der Waals surface area contributed by atoms with Crippen molar-refractivity contribution in [3.05, 3.63) is 24.3 Å². The van der Waals surface area contributed by atoms with Crippen molar-refractivity contribution in [1.82, 2.24) is 0 Å². The van der Waals surface area contributed by atoms with E-state index in [2.05, 4.69) is 33.9 Å². The van der Waals surface area contributed by atoms with Crippen molar-refractivity contribution >= 4 is 0 Å². The fourth-order valence-electron chi connectivity index (χ4n) is 0.959. The summed E-state index contributed by atoms with van der Waals surface area (Å²) in [7, 11) is 0. The molecule has 0 amide bonds. The molecule has 0 heteroatoms. The third kappa shape index (κ3) is 4.02. The Labute approximate surface area is 71.0 Å². The molecular weight excluding hydrogens is 132 g/mol. The van der Waals surface area contributed by atoms with Gasteiger partial charge in [-0.15, -0.1) is 0 Å². The molecule has 0 saturated heterocycles. The van der Waals surface area contributed by atoms with E-state index in [0.29, 0.717) is 5.92 Å². The minimum atomic E-state index is 0.555. The zero-order chi connectivity index (χ0) is 8.85. The van der Waals surface area contributed by atoms with Crippen LogP contribution in [0.1, 0.15) is 40.0 Å². The molecule has 0 bridgehead atoms. The Bertz CT molecular complexity index is 140. The maximum absolute atomic E-state index is 4.01. The lowest BCUT2D eigenvalue weighted by Crippen LogP contribution is -1.95. The highest BCUT2D eigenvalue weighted by Crippen LogP contribution is 2.20. The van der Waals surface area contributed by atoms with Crippen LogP contribution in [0.2, 0.25) is 0 Å². The quantitative estimate of drug-likeness (QED) is 0.523. The van der Waals surface area contributed by atoms with Crippen molar-refractivity contribution < 1.29 is 0 Å². The first-order valence-electron chi connectivity index (χ1n) is 4.46. The predicted molar refractivity (Wildman–Crippen MR) is 52.6 cm³/mol. The Kier molecular flexibility index (Phi) is 4.93. The first-order chi connectivity index (χ1) is 5.09. The lowest BCUT2D eigenvalue weighted by Gasteiger charge is -2.11. The predicted octanol–water partition coefficient (Wildman–Crippen LogP) is 3.95. The summed E-state index contributed by atoms with van der Waals surface area (Å²) in [5, 5.41) is 0. The third-order valence-electron chi connectivity index (χ3n) is 1.98. The van der Waals surface area contributed by atoms with Crippen molar-refractivity contribution in [3.8, 4) is 0 Å². The number of hydrogen-bond acceptors (Lipinski definition) is 0. The molecule has 0 fully saturated rings. The van der Waals surface area contributed by atoms with Crippen LogP contribution in [0.4, 0.5) is 0 Å². The van der Waals surface area contributed by atoms with E-state index in [0.717, 1.165) is 6.42 Å². The maximum atomic E-state index is 4.01. The van der Waals surface area contributed by atoms with E-state index in [1.54, 1.807) is 0 Å². The maximum Gasteiger partial charge on any atom is -0.0222 e. The normalized spacial score (nSPS) is 10.2. The number of unbranched alkanes of at least 4 members (excludes halogenated alkanes) is 1. The minimum Gasteiger partial charge on any atom is -0.0956 e. The van der Waals surface area contributed by atoms with E-state index in [4.69, 9.17) is 0 Å². The monoisotopic (exact) mass is 152 g/mol. The molecule has 0 unspecified atom stereocenters. The minimum absolute atomic E-state index is 0.555. The summed E-state index contributed by atoms with van der Waals surface area (Å²) >= 11 is 0. The second-order valence-electron chi connectivity index (χ2n) is 3.39. The van der Waals surface area contributed by atoms with Crippen LogP contribution in [0.25, 0.3) is 0 Å². The lowest BCUT2D eigenvalue weighted by atomic mass is 9.95. The van der Waals surface area contributed by atoms with E-state index in [9.17, 15) is 0 Å². The van der Waals surface area contributed by atoms with Crippen LogP contribution in [-0.4, -0.2) is 0 Å². The third-order valence-corrected chi connectivity index (χ3v) is 1.98. The van der Waals surface area contributed by atoms with Crippen LogP contribution >= 0.6 is 0 Å². The summed E-state index contributed by atoms with van der Waals surface area (Å²) in [6, 6.07) is 0. The Morgan fingerprint density at radius 3 is 2.18 bits per heavy atom. The van der Waals surface area contributed by atoms with Crippen molar-refractivity contribution in [1.29, 1.82) is 0 Å². The van der Waals surface area contributed by atoms with Gasteiger partial charge in [-0.25, -0.2) is 0 Å². The van der Waals surface area contributed by atoms with E-state index in [1.165, 1.54) is 24.0 Å². The molecule has 0 nitrogen and oxygen atoms in total. The van der Waals surface area contributed by atoms with Crippen LogP contribution in [0.15, 0.2) is 24.3 Å². The number of allylic oxidation sites excluding steroid dienone is 2. The summed E-state index contributed by atoms with van der Waals surface area (Å²) in [6.07, 6.45) is 3.60. The number of rotatable bonds is 5. The Hall–Kier alpha value is -0.520. The SMILES string of the molecule is C=C(CCCC)C(=C)C(C)C. The first kappa shape index (κ1) is 10.5. The van der Waals surface area contributed by atoms with Gasteiger partial charge in [0.2, 0.25) is 0 Å². The average molecular weight is 152 g/mol. The molecule has 0 aliphatic rings. The van der Waals surface area contributed by atoms with Gasteiger partial charge in [0, 0.05) is 0 Å². The lowest BCUT2D eigenvalue weighted by molar-refractivity contribution is 0.734. The van der Waals surface area contributed by atoms with Gasteiger partial charge in [0.1, 0.15) is 0 Å². The molecule has 64 valence electrons. The molecule has 0 aromatic rings. The van der Waals surface area contributed by atoms with Gasteiger partial charge in [-0.3, -0.25) is 0 Å². The van der Waals surface area contributed by atoms with E-state index in [1.807, 2.05) is 0 Å². The summed E-state index contributed by atoms with van der Waals surface area (Å²) in [4.78, 5) is 0. The van der Waals surface area contributed by atoms with E-state index in [-0.39, 0.29) is 0 Å². The highest BCUT2D eigenvalue weighted by atomic mass is 14.1. The molecule has 0 radical (unpaired) electrons. The topological polar surface area (TPSA) is 0 Å². The van der Waals surface area contributed by atoms with Gasteiger partial charge in [0.05, 0.1) is 0 Å². The fourth-order valence-corrected chi connectivity index (χ4v) is 0.959. The summed E-state index contributed by atoms with van der Waals surface area (Å²) in [5.74, 6) is 0.555. The summed E-state index contributed by atoms with van der Waals surface area (Å²) in [5.41, 5.74) is 2.46. The van der Waals surface area contributed by atoms with Crippen LogP contribution in [0, 0.1) is 5.92 Å².